The number of aromatic nitrogens is 1. The van der Waals surface area contributed by atoms with E-state index in [1.54, 1.807) is 0 Å². The van der Waals surface area contributed by atoms with E-state index < -0.39 is 0 Å². The zero-order valence-electron chi connectivity index (χ0n) is 13.3. The molecule has 1 aromatic heterocycles. The van der Waals surface area contributed by atoms with Gasteiger partial charge in [-0.15, -0.1) is 0 Å². The number of rotatable bonds is 6. The number of halogens is 1. The molecule has 0 saturated carbocycles. The number of fused-ring (bicyclic) bond motifs is 1. The van der Waals surface area contributed by atoms with Crippen LogP contribution in [-0.2, 0) is 12.8 Å². The number of aromatic amines is 1. The van der Waals surface area contributed by atoms with Gasteiger partial charge in [0.25, 0.3) is 0 Å². The van der Waals surface area contributed by atoms with Crippen molar-refractivity contribution >= 4 is 39.8 Å². The van der Waals surface area contributed by atoms with E-state index in [-0.39, 0.29) is 0 Å². The Balaban J connectivity index is 1.39. The van der Waals surface area contributed by atoms with E-state index >= 15 is 0 Å². The Labute approximate surface area is 152 Å². The van der Waals surface area contributed by atoms with Crippen LogP contribution >= 0.6 is 23.8 Å². The first-order valence-electron chi connectivity index (χ1n) is 8.03. The van der Waals surface area contributed by atoms with Crippen LogP contribution in [0.15, 0.2) is 54.7 Å². The molecule has 0 amide bonds. The van der Waals surface area contributed by atoms with E-state index in [4.69, 9.17) is 23.8 Å². The largest absolute Gasteiger partial charge is 0.362 e. The predicted molar refractivity (Wildman–Crippen MR) is 106 cm³/mol. The number of hydrogen-bond donors (Lipinski definition) is 3. The third-order valence-corrected chi connectivity index (χ3v) is 4.51. The number of hydrogen-bond acceptors (Lipinski definition) is 1. The summed E-state index contributed by atoms with van der Waals surface area (Å²) in [4.78, 5) is 3.30. The van der Waals surface area contributed by atoms with Crippen molar-refractivity contribution in [1.29, 1.82) is 0 Å². The molecule has 3 N–H and O–H groups in total. The molecule has 5 heteroatoms. The fraction of sp³-hybridized carbons (Fsp3) is 0.211. The van der Waals surface area contributed by atoms with Crippen molar-refractivity contribution in [3.8, 4) is 0 Å². The number of para-hydroxylation sites is 1. The average Bonchev–Trinajstić information content (AvgIpc) is 3.00. The second kappa shape index (κ2) is 8.18. The number of H-pyrrole nitrogens is 1. The Morgan fingerprint density at radius 3 is 2.46 bits per heavy atom. The minimum atomic E-state index is 0.698. The number of nitrogens with one attached hydrogen (secondary N) is 3. The molecule has 0 spiro atoms. The molecule has 124 valence electrons. The van der Waals surface area contributed by atoms with Gasteiger partial charge in [-0.3, -0.25) is 0 Å². The maximum atomic E-state index is 5.88. The number of benzene rings is 2. The van der Waals surface area contributed by atoms with Crippen molar-refractivity contribution < 1.29 is 0 Å². The summed E-state index contributed by atoms with van der Waals surface area (Å²) < 4.78 is 0. The first kappa shape index (κ1) is 16.8. The molecule has 0 fully saturated rings. The Hall–Kier alpha value is -2.04. The highest BCUT2D eigenvalue weighted by Crippen LogP contribution is 2.17. The maximum Gasteiger partial charge on any atom is 0.166 e. The van der Waals surface area contributed by atoms with Crippen LogP contribution in [-0.4, -0.2) is 23.2 Å². The molecule has 0 bridgehead atoms. The van der Waals surface area contributed by atoms with E-state index in [9.17, 15) is 0 Å². The van der Waals surface area contributed by atoms with Gasteiger partial charge in [0.05, 0.1) is 0 Å². The zero-order chi connectivity index (χ0) is 16.8. The van der Waals surface area contributed by atoms with Crippen LogP contribution in [0.2, 0.25) is 5.02 Å². The van der Waals surface area contributed by atoms with E-state index in [1.807, 2.05) is 30.3 Å². The summed E-state index contributed by atoms with van der Waals surface area (Å²) in [6.45, 7) is 1.62. The average molecular weight is 358 g/mol. The molecule has 24 heavy (non-hydrogen) atoms. The summed E-state index contributed by atoms with van der Waals surface area (Å²) in [6.07, 6.45) is 3.92. The minimum absolute atomic E-state index is 0.698. The molecule has 3 aromatic rings. The summed E-state index contributed by atoms with van der Waals surface area (Å²) in [5.74, 6) is 0. The monoisotopic (exact) mass is 357 g/mol. The summed E-state index contributed by atoms with van der Waals surface area (Å²) >= 11 is 11.2. The van der Waals surface area contributed by atoms with Gasteiger partial charge in [-0.1, -0.05) is 41.9 Å². The normalized spacial score (nSPS) is 10.7. The van der Waals surface area contributed by atoms with Crippen molar-refractivity contribution in [1.82, 2.24) is 15.6 Å². The lowest BCUT2D eigenvalue weighted by molar-refractivity contribution is 0.804. The Morgan fingerprint density at radius 2 is 1.67 bits per heavy atom. The fourth-order valence-electron chi connectivity index (χ4n) is 2.68. The van der Waals surface area contributed by atoms with Crippen LogP contribution in [0.4, 0.5) is 0 Å². The van der Waals surface area contributed by atoms with Gasteiger partial charge in [0.1, 0.15) is 0 Å². The highest BCUT2D eigenvalue weighted by molar-refractivity contribution is 7.80. The molecular formula is C19H20ClN3S. The molecule has 1 heterocycles. The van der Waals surface area contributed by atoms with Crippen LogP contribution < -0.4 is 10.6 Å². The van der Waals surface area contributed by atoms with Gasteiger partial charge >= 0.3 is 0 Å². The maximum absolute atomic E-state index is 5.88. The molecule has 0 aliphatic rings. The predicted octanol–water partition coefficient (Wildman–Crippen LogP) is 4.07. The van der Waals surface area contributed by atoms with Crippen molar-refractivity contribution in [2.75, 3.05) is 13.1 Å². The van der Waals surface area contributed by atoms with Gasteiger partial charge in [0.15, 0.2) is 5.11 Å². The molecular weight excluding hydrogens is 338 g/mol. The van der Waals surface area contributed by atoms with E-state index in [0.717, 1.165) is 31.0 Å². The summed E-state index contributed by atoms with van der Waals surface area (Å²) in [5.41, 5.74) is 3.73. The van der Waals surface area contributed by atoms with Gasteiger partial charge in [-0.25, -0.2) is 0 Å². The summed E-state index contributed by atoms with van der Waals surface area (Å²) in [5, 5.41) is 9.25. The van der Waals surface area contributed by atoms with Gasteiger partial charge < -0.3 is 15.6 Å². The van der Waals surface area contributed by atoms with Crippen LogP contribution in [0.3, 0.4) is 0 Å². The van der Waals surface area contributed by atoms with E-state index in [1.165, 1.54) is 22.0 Å². The molecule has 0 aliphatic carbocycles. The quantitative estimate of drug-likeness (QED) is 0.582. The van der Waals surface area contributed by atoms with E-state index in [2.05, 4.69) is 40.0 Å². The van der Waals surface area contributed by atoms with Crippen LogP contribution in [0.1, 0.15) is 11.1 Å². The second-order valence-electron chi connectivity index (χ2n) is 5.67. The molecule has 0 radical (unpaired) electrons. The van der Waals surface area contributed by atoms with Crippen LogP contribution in [0.25, 0.3) is 10.9 Å². The molecule has 0 aliphatic heterocycles. The minimum Gasteiger partial charge on any atom is -0.362 e. The van der Waals surface area contributed by atoms with Gasteiger partial charge in [0, 0.05) is 35.2 Å². The zero-order valence-corrected chi connectivity index (χ0v) is 14.9. The topological polar surface area (TPSA) is 39.8 Å². The highest BCUT2D eigenvalue weighted by Gasteiger charge is 2.03. The lowest BCUT2D eigenvalue weighted by atomic mass is 10.1. The smallest absolute Gasteiger partial charge is 0.166 e. The van der Waals surface area contributed by atoms with Gasteiger partial charge in [-0.05, 0) is 54.4 Å². The molecule has 3 nitrogen and oxygen atoms in total. The lowest BCUT2D eigenvalue weighted by Crippen LogP contribution is -2.37. The van der Waals surface area contributed by atoms with Gasteiger partial charge in [-0.2, -0.15) is 0 Å². The van der Waals surface area contributed by atoms with Crippen molar-refractivity contribution in [2.24, 2.45) is 0 Å². The second-order valence-corrected chi connectivity index (χ2v) is 6.51. The SMILES string of the molecule is S=C(NCCc1ccc(Cl)cc1)NCCc1c[nH]c2ccccc12. The first-order valence-corrected chi connectivity index (χ1v) is 8.82. The molecule has 2 aromatic carbocycles. The third-order valence-electron chi connectivity index (χ3n) is 3.97. The number of thiocarbonyl (C=S) groups is 1. The van der Waals surface area contributed by atoms with Crippen molar-refractivity contribution in [3.05, 3.63) is 70.9 Å². The highest BCUT2D eigenvalue weighted by atomic mass is 35.5. The van der Waals surface area contributed by atoms with Gasteiger partial charge in [0.2, 0.25) is 0 Å². The van der Waals surface area contributed by atoms with Crippen molar-refractivity contribution in [2.45, 2.75) is 12.8 Å². The Morgan fingerprint density at radius 1 is 0.958 bits per heavy atom. The fourth-order valence-corrected chi connectivity index (χ4v) is 3.01. The summed E-state index contributed by atoms with van der Waals surface area (Å²) in [6, 6.07) is 16.2. The third kappa shape index (κ3) is 4.49. The van der Waals surface area contributed by atoms with Crippen LogP contribution in [0, 0.1) is 0 Å². The first-order chi connectivity index (χ1) is 11.7. The standard InChI is InChI=1S/C19H20ClN3S/c20-16-7-5-14(6-8-16)9-11-21-19(24)22-12-10-15-13-23-18-4-2-1-3-17(15)18/h1-8,13,23H,9-12H2,(H2,21,22,24). The summed E-state index contributed by atoms with van der Waals surface area (Å²) in [7, 11) is 0. The van der Waals surface area contributed by atoms with Crippen molar-refractivity contribution in [3.63, 3.8) is 0 Å². The molecule has 0 saturated heterocycles. The molecule has 3 rings (SSSR count). The molecule has 0 atom stereocenters. The van der Waals surface area contributed by atoms with Crippen LogP contribution in [0.5, 0.6) is 0 Å². The van der Waals surface area contributed by atoms with E-state index in [0.29, 0.717) is 5.11 Å². The molecule has 0 unspecified atom stereocenters. The Bertz CT molecular complexity index is 811. The Kier molecular flexibility index (Phi) is 5.72. The lowest BCUT2D eigenvalue weighted by Gasteiger charge is -2.10.